The average Bonchev–Trinajstić information content (AvgIpc) is 2.94. The summed E-state index contributed by atoms with van der Waals surface area (Å²) in [6.07, 6.45) is 0. The van der Waals surface area contributed by atoms with Gasteiger partial charge in [-0.2, -0.15) is 0 Å². The molecule has 0 radical (unpaired) electrons. The first kappa shape index (κ1) is 29.0. The van der Waals surface area contributed by atoms with Crippen molar-refractivity contribution in [3.8, 4) is 39.5 Å². The van der Waals surface area contributed by atoms with Crippen LogP contribution in [-0.2, 0) is 16.2 Å². The maximum absolute atomic E-state index is 15.0. The summed E-state index contributed by atoms with van der Waals surface area (Å²) >= 11 is 0. The first-order chi connectivity index (χ1) is 19.5. The summed E-state index contributed by atoms with van der Waals surface area (Å²) in [6, 6.07) is 23.1. The minimum atomic E-state index is -0.495. The Morgan fingerprint density at radius 2 is 1.10 bits per heavy atom. The fourth-order valence-corrected chi connectivity index (χ4v) is 4.16. The normalized spacial score (nSPS) is 10.6. The highest BCUT2D eigenvalue weighted by molar-refractivity contribution is 5.89. The van der Waals surface area contributed by atoms with E-state index >= 15 is 4.39 Å². The lowest BCUT2D eigenvalue weighted by Gasteiger charge is -2.15. The van der Waals surface area contributed by atoms with Crippen LogP contribution in [0, 0.1) is 19.7 Å². The third-order valence-corrected chi connectivity index (χ3v) is 6.38. The van der Waals surface area contributed by atoms with Gasteiger partial charge in [-0.1, -0.05) is 49.6 Å². The van der Waals surface area contributed by atoms with Crippen molar-refractivity contribution in [2.75, 3.05) is 0 Å². The Morgan fingerprint density at radius 3 is 1.54 bits per heavy atom. The van der Waals surface area contributed by atoms with Crippen LogP contribution in [0.3, 0.4) is 0 Å². The molecule has 0 aliphatic rings. The first-order valence-corrected chi connectivity index (χ1v) is 13.0. The van der Waals surface area contributed by atoms with Crippen molar-refractivity contribution in [3.05, 3.63) is 126 Å². The van der Waals surface area contributed by atoms with Crippen LogP contribution in [0.1, 0.15) is 30.5 Å². The van der Waals surface area contributed by atoms with E-state index in [0.717, 1.165) is 27.8 Å². The highest BCUT2D eigenvalue weighted by Gasteiger charge is 2.12. The zero-order chi connectivity index (χ0) is 29.7. The molecule has 4 rings (SSSR count). The largest absolute Gasteiger partial charge is 0.488 e. The number of aryl methyl sites for hydroxylation is 2. The van der Waals surface area contributed by atoms with E-state index in [0.29, 0.717) is 39.5 Å². The van der Waals surface area contributed by atoms with Gasteiger partial charge in [-0.3, -0.25) is 0 Å². The summed E-state index contributed by atoms with van der Waals surface area (Å²) in [5.41, 5.74) is 6.35. The quantitative estimate of drug-likeness (QED) is 0.119. The summed E-state index contributed by atoms with van der Waals surface area (Å²) in [5, 5.41) is 0. The Balaban J connectivity index is 1.43. The minimum absolute atomic E-state index is 0.0751. The van der Waals surface area contributed by atoms with Gasteiger partial charge in [-0.25, -0.2) is 14.0 Å². The molecule has 0 unspecified atom stereocenters. The smallest absolute Gasteiger partial charge is 0.338 e. The Morgan fingerprint density at radius 1 is 0.659 bits per heavy atom. The van der Waals surface area contributed by atoms with Crippen LogP contribution in [0.4, 0.5) is 4.39 Å². The Labute approximate surface area is 239 Å². The van der Waals surface area contributed by atoms with Gasteiger partial charge >= 0.3 is 11.9 Å². The maximum atomic E-state index is 15.0. The molecular weight excluding hydrogens is 519 g/mol. The molecule has 0 atom stereocenters. The van der Waals surface area contributed by atoms with E-state index in [4.69, 9.17) is 14.2 Å². The molecule has 41 heavy (non-hydrogen) atoms. The van der Waals surface area contributed by atoms with Crippen LogP contribution >= 0.6 is 0 Å². The second kappa shape index (κ2) is 12.5. The molecule has 5 nitrogen and oxygen atoms in total. The molecule has 0 saturated heterocycles. The third kappa shape index (κ3) is 7.17. The van der Waals surface area contributed by atoms with Crippen LogP contribution in [0.5, 0.6) is 17.2 Å². The second-order valence-electron chi connectivity index (χ2n) is 9.92. The SMILES string of the molecule is C=C(C)C(=O)Oc1ccc(-c2cc(C)c(OCc3ccc(-c4ccc(OC(=O)C(=C)C)cc4)cc3F)c(C)c2)cc1. The van der Waals surface area contributed by atoms with Gasteiger partial charge in [-0.15, -0.1) is 0 Å². The van der Waals surface area contributed by atoms with Crippen molar-refractivity contribution in [3.63, 3.8) is 0 Å². The van der Waals surface area contributed by atoms with Gasteiger partial charge in [0.25, 0.3) is 0 Å². The number of hydrogen-bond donors (Lipinski definition) is 0. The zero-order valence-corrected chi connectivity index (χ0v) is 23.5. The van der Waals surface area contributed by atoms with E-state index in [2.05, 4.69) is 13.2 Å². The summed E-state index contributed by atoms with van der Waals surface area (Å²) in [7, 11) is 0. The molecule has 0 amide bonds. The second-order valence-corrected chi connectivity index (χ2v) is 9.92. The molecule has 0 fully saturated rings. The third-order valence-electron chi connectivity index (χ3n) is 6.38. The lowest BCUT2D eigenvalue weighted by Crippen LogP contribution is -2.07. The number of ether oxygens (including phenoxy) is 3. The molecule has 0 N–H and O–H groups in total. The highest BCUT2D eigenvalue weighted by atomic mass is 19.1. The molecule has 0 aliphatic heterocycles. The number of carbonyl (C=O) groups excluding carboxylic acids is 2. The van der Waals surface area contributed by atoms with Crippen molar-refractivity contribution in [1.29, 1.82) is 0 Å². The van der Waals surface area contributed by atoms with Crippen LogP contribution in [-0.4, -0.2) is 11.9 Å². The molecule has 4 aromatic rings. The number of benzene rings is 4. The highest BCUT2D eigenvalue weighted by Crippen LogP contribution is 2.32. The van der Waals surface area contributed by atoms with Crippen LogP contribution in [0.15, 0.2) is 103 Å². The number of hydrogen-bond acceptors (Lipinski definition) is 5. The summed E-state index contributed by atoms with van der Waals surface area (Å²) < 4.78 is 31.6. The molecule has 0 spiro atoms. The molecule has 6 heteroatoms. The summed E-state index contributed by atoms with van der Waals surface area (Å²) in [5.74, 6) is 0.207. The first-order valence-electron chi connectivity index (χ1n) is 13.0. The topological polar surface area (TPSA) is 61.8 Å². The minimum Gasteiger partial charge on any atom is -0.488 e. The van der Waals surface area contributed by atoms with Crippen LogP contribution in [0.2, 0.25) is 0 Å². The molecule has 0 bridgehead atoms. The van der Waals surface area contributed by atoms with Crippen molar-refractivity contribution in [2.24, 2.45) is 0 Å². The predicted molar refractivity (Wildman–Crippen MR) is 158 cm³/mol. The monoisotopic (exact) mass is 550 g/mol. The van der Waals surface area contributed by atoms with E-state index in [1.54, 1.807) is 56.3 Å². The Hall–Kier alpha value is -4.97. The van der Waals surface area contributed by atoms with Gasteiger partial charge in [0.1, 0.15) is 29.7 Å². The van der Waals surface area contributed by atoms with Crippen LogP contribution in [0.25, 0.3) is 22.3 Å². The van der Waals surface area contributed by atoms with Gasteiger partial charge < -0.3 is 14.2 Å². The Bertz CT molecular complexity index is 1610. The predicted octanol–water partition coefficient (Wildman–Crippen LogP) is 8.32. The van der Waals surface area contributed by atoms with E-state index < -0.39 is 11.9 Å². The van der Waals surface area contributed by atoms with E-state index in [1.165, 1.54) is 6.07 Å². The van der Waals surface area contributed by atoms with E-state index in [9.17, 15) is 9.59 Å². The fourth-order valence-electron chi connectivity index (χ4n) is 4.16. The van der Waals surface area contributed by atoms with Gasteiger partial charge in [0.2, 0.25) is 0 Å². The van der Waals surface area contributed by atoms with Crippen molar-refractivity contribution < 1.29 is 28.2 Å². The van der Waals surface area contributed by atoms with E-state index in [-0.39, 0.29) is 12.4 Å². The standard InChI is InChI=1S/C35H31FO5/c1-21(2)34(37)40-30-13-9-25(10-14-30)27-7-8-28(32(36)19-27)20-39-33-23(5)17-29(18-24(33)6)26-11-15-31(16-12-26)41-35(38)22(3)4/h7-19H,1,3,20H2,2,4-6H3. The maximum Gasteiger partial charge on any atom is 0.338 e. The van der Waals surface area contributed by atoms with Crippen molar-refractivity contribution in [1.82, 2.24) is 0 Å². The van der Waals surface area contributed by atoms with Gasteiger partial charge in [0.15, 0.2) is 0 Å². The van der Waals surface area contributed by atoms with Crippen molar-refractivity contribution >= 4 is 11.9 Å². The number of carbonyl (C=O) groups is 2. The van der Waals surface area contributed by atoms with Crippen LogP contribution < -0.4 is 14.2 Å². The van der Waals surface area contributed by atoms with Gasteiger partial charge in [0, 0.05) is 16.7 Å². The molecular formula is C35H31FO5. The fraction of sp³-hybridized carbons (Fsp3) is 0.143. The summed E-state index contributed by atoms with van der Waals surface area (Å²) in [6.45, 7) is 14.3. The Kier molecular flexibility index (Phi) is 8.83. The molecule has 0 saturated carbocycles. The number of esters is 2. The zero-order valence-electron chi connectivity index (χ0n) is 23.5. The lowest BCUT2D eigenvalue weighted by molar-refractivity contribution is -0.130. The number of rotatable bonds is 9. The average molecular weight is 551 g/mol. The molecule has 0 aliphatic carbocycles. The van der Waals surface area contributed by atoms with Gasteiger partial charge in [0.05, 0.1) is 0 Å². The lowest BCUT2D eigenvalue weighted by atomic mass is 9.99. The van der Waals surface area contributed by atoms with E-state index in [1.807, 2.05) is 44.2 Å². The van der Waals surface area contributed by atoms with Crippen molar-refractivity contribution in [2.45, 2.75) is 34.3 Å². The number of halogens is 1. The molecule has 208 valence electrons. The summed E-state index contributed by atoms with van der Waals surface area (Å²) in [4.78, 5) is 23.4. The molecule has 4 aromatic carbocycles. The van der Waals surface area contributed by atoms with Gasteiger partial charge in [-0.05, 0) is 104 Å². The molecule has 0 aromatic heterocycles. The molecule has 0 heterocycles.